The van der Waals surface area contributed by atoms with Crippen molar-refractivity contribution in [2.24, 2.45) is 0 Å². The SMILES string of the molecule is CN1CCc2ccccc2CC1c1cccc2c1OCC2. The number of likely N-dealkylation sites (N-methyl/N-ethyl adjacent to an activating group) is 1. The molecule has 2 heterocycles. The molecule has 0 saturated carbocycles. The summed E-state index contributed by atoms with van der Waals surface area (Å²) in [6.07, 6.45) is 3.27. The molecule has 2 heteroatoms. The summed E-state index contributed by atoms with van der Waals surface area (Å²) in [5.41, 5.74) is 5.73. The largest absolute Gasteiger partial charge is 0.493 e. The van der Waals surface area contributed by atoms with Crippen LogP contribution < -0.4 is 4.74 Å². The summed E-state index contributed by atoms with van der Waals surface area (Å²) in [5, 5.41) is 0. The molecule has 108 valence electrons. The van der Waals surface area contributed by atoms with Gasteiger partial charge in [0.05, 0.1) is 6.61 Å². The highest BCUT2D eigenvalue weighted by molar-refractivity contribution is 5.46. The topological polar surface area (TPSA) is 12.5 Å². The van der Waals surface area contributed by atoms with Crippen LogP contribution in [-0.4, -0.2) is 25.1 Å². The van der Waals surface area contributed by atoms with Crippen LogP contribution in [0.3, 0.4) is 0 Å². The Labute approximate surface area is 126 Å². The van der Waals surface area contributed by atoms with Crippen LogP contribution in [0.1, 0.15) is 28.3 Å². The van der Waals surface area contributed by atoms with E-state index in [4.69, 9.17) is 4.74 Å². The van der Waals surface area contributed by atoms with E-state index in [1.165, 1.54) is 22.3 Å². The van der Waals surface area contributed by atoms with Crippen molar-refractivity contribution in [3.05, 3.63) is 64.7 Å². The number of ether oxygens (including phenoxy) is 1. The first-order chi connectivity index (χ1) is 10.3. The first kappa shape index (κ1) is 12.9. The molecule has 2 aliphatic rings. The summed E-state index contributed by atoms with van der Waals surface area (Å²) in [6.45, 7) is 1.94. The summed E-state index contributed by atoms with van der Waals surface area (Å²) in [6, 6.07) is 15.9. The van der Waals surface area contributed by atoms with Crippen molar-refractivity contribution < 1.29 is 4.74 Å². The van der Waals surface area contributed by atoms with Gasteiger partial charge in [0, 0.05) is 24.6 Å². The molecule has 0 bridgehead atoms. The van der Waals surface area contributed by atoms with Crippen molar-refractivity contribution in [3.8, 4) is 5.75 Å². The molecule has 1 unspecified atom stereocenters. The minimum atomic E-state index is 0.418. The van der Waals surface area contributed by atoms with Crippen LogP contribution in [0, 0.1) is 0 Å². The van der Waals surface area contributed by atoms with E-state index in [0.29, 0.717) is 6.04 Å². The number of benzene rings is 2. The predicted octanol–water partition coefficient (Wildman–Crippen LogP) is 3.39. The van der Waals surface area contributed by atoms with Gasteiger partial charge < -0.3 is 4.74 Å². The Morgan fingerprint density at radius 1 is 0.952 bits per heavy atom. The third-order valence-electron chi connectivity index (χ3n) is 4.90. The van der Waals surface area contributed by atoms with E-state index in [2.05, 4.69) is 54.4 Å². The standard InChI is InChI=1S/C19H21NO/c1-20-11-9-14-5-2-3-6-16(14)13-18(20)17-8-4-7-15-10-12-21-19(15)17/h2-8,18H,9-13H2,1H3. The zero-order chi connectivity index (χ0) is 14.2. The van der Waals surface area contributed by atoms with Crippen LogP contribution in [0.4, 0.5) is 0 Å². The van der Waals surface area contributed by atoms with Gasteiger partial charge in [-0.2, -0.15) is 0 Å². The average molecular weight is 279 g/mol. The fourth-order valence-corrected chi connectivity index (χ4v) is 3.67. The number of hydrogen-bond donors (Lipinski definition) is 0. The highest BCUT2D eigenvalue weighted by atomic mass is 16.5. The van der Waals surface area contributed by atoms with Gasteiger partial charge in [0.1, 0.15) is 5.75 Å². The maximum atomic E-state index is 5.93. The molecule has 0 amide bonds. The lowest BCUT2D eigenvalue weighted by atomic mass is 9.94. The van der Waals surface area contributed by atoms with Crippen molar-refractivity contribution in [1.82, 2.24) is 4.90 Å². The maximum Gasteiger partial charge on any atom is 0.127 e. The van der Waals surface area contributed by atoms with Crippen molar-refractivity contribution in [2.45, 2.75) is 25.3 Å². The molecule has 2 nitrogen and oxygen atoms in total. The Kier molecular flexibility index (Phi) is 3.19. The Bertz CT molecular complexity index is 664. The molecule has 21 heavy (non-hydrogen) atoms. The van der Waals surface area contributed by atoms with E-state index in [0.717, 1.165) is 38.2 Å². The highest BCUT2D eigenvalue weighted by Crippen LogP contribution is 2.38. The molecule has 0 aromatic heterocycles. The molecule has 0 aliphatic carbocycles. The van der Waals surface area contributed by atoms with Crippen molar-refractivity contribution in [3.63, 3.8) is 0 Å². The summed E-state index contributed by atoms with van der Waals surface area (Å²) < 4.78 is 5.93. The first-order valence-electron chi connectivity index (χ1n) is 7.84. The van der Waals surface area contributed by atoms with Crippen molar-refractivity contribution >= 4 is 0 Å². The van der Waals surface area contributed by atoms with Crippen LogP contribution >= 0.6 is 0 Å². The number of fused-ring (bicyclic) bond motifs is 2. The fourth-order valence-electron chi connectivity index (χ4n) is 3.67. The van der Waals surface area contributed by atoms with Gasteiger partial charge in [-0.15, -0.1) is 0 Å². The Balaban J connectivity index is 1.76. The van der Waals surface area contributed by atoms with Gasteiger partial charge in [-0.25, -0.2) is 0 Å². The van der Waals surface area contributed by atoms with Crippen molar-refractivity contribution in [1.29, 1.82) is 0 Å². The Morgan fingerprint density at radius 2 is 1.76 bits per heavy atom. The van der Waals surface area contributed by atoms with Gasteiger partial charge >= 0.3 is 0 Å². The van der Waals surface area contributed by atoms with E-state index >= 15 is 0 Å². The van der Waals surface area contributed by atoms with Gasteiger partial charge in [-0.05, 0) is 36.6 Å². The zero-order valence-electron chi connectivity index (χ0n) is 12.5. The minimum Gasteiger partial charge on any atom is -0.493 e. The van der Waals surface area contributed by atoms with E-state index in [-0.39, 0.29) is 0 Å². The van der Waals surface area contributed by atoms with Gasteiger partial charge in [0.25, 0.3) is 0 Å². The van der Waals surface area contributed by atoms with Gasteiger partial charge in [0.2, 0.25) is 0 Å². The minimum absolute atomic E-state index is 0.418. The highest BCUT2D eigenvalue weighted by Gasteiger charge is 2.27. The lowest BCUT2D eigenvalue weighted by Gasteiger charge is -2.27. The molecule has 2 aliphatic heterocycles. The lowest BCUT2D eigenvalue weighted by Crippen LogP contribution is -2.26. The summed E-state index contributed by atoms with van der Waals surface area (Å²) in [4.78, 5) is 2.48. The average Bonchev–Trinajstić information content (AvgIpc) is 2.93. The number of nitrogens with zero attached hydrogens (tertiary/aromatic N) is 1. The molecular formula is C19H21NO. The van der Waals surface area contributed by atoms with Gasteiger partial charge in [-0.1, -0.05) is 42.5 Å². The third-order valence-corrected chi connectivity index (χ3v) is 4.90. The second-order valence-electron chi connectivity index (χ2n) is 6.15. The molecular weight excluding hydrogens is 258 g/mol. The summed E-state index contributed by atoms with van der Waals surface area (Å²) in [7, 11) is 2.24. The van der Waals surface area contributed by atoms with E-state index < -0.39 is 0 Å². The molecule has 0 spiro atoms. The molecule has 0 saturated heterocycles. The fraction of sp³-hybridized carbons (Fsp3) is 0.368. The molecule has 0 N–H and O–H groups in total. The predicted molar refractivity (Wildman–Crippen MR) is 84.9 cm³/mol. The monoisotopic (exact) mass is 279 g/mol. The molecule has 2 aromatic carbocycles. The van der Waals surface area contributed by atoms with E-state index in [1.54, 1.807) is 0 Å². The van der Waals surface area contributed by atoms with Crippen LogP contribution in [-0.2, 0) is 19.3 Å². The van der Waals surface area contributed by atoms with Crippen LogP contribution in [0.2, 0.25) is 0 Å². The molecule has 0 fully saturated rings. The molecule has 0 radical (unpaired) electrons. The van der Waals surface area contributed by atoms with Crippen LogP contribution in [0.5, 0.6) is 5.75 Å². The van der Waals surface area contributed by atoms with E-state index in [9.17, 15) is 0 Å². The second kappa shape index (κ2) is 5.19. The smallest absolute Gasteiger partial charge is 0.127 e. The molecule has 2 aromatic rings. The normalized spacial score (nSPS) is 21.3. The number of hydrogen-bond acceptors (Lipinski definition) is 2. The first-order valence-corrected chi connectivity index (χ1v) is 7.84. The van der Waals surface area contributed by atoms with Crippen molar-refractivity contribution in [2.75, 3.05) is 20.2 Å². The Hall–Kier alpha value is -1.80. The van der Waals surface area contributed by atoms with Crippen LogP contribution in [0.15, 0.2) is 42.5 Å². The molecule has 4 rings (SSSR count). The van der Waals surface area contributed by atoms with Crippen LogP contribution in [0.25, 0.3) is 0 Å². The summed E-state index contributed by atoms with van der Waals surface area (Å²) in [5.74, 6) is 1.15. The number of para-hydroxylation sites is 1. The maximum absolute atomic E-state index is 5.93. The van der Waals surface area contributed by atoms with Gasteiger partial charge in [-0.3, -0.25) is 4.90 Å². The Morgan fingerprint density at radius 3 is 2.67 bits per heavy atom. The lowest BCUT2D eigenvalue weighted by molar-refractivity contribution is 0.246. The molecule has 1 atom stereocenters. The number of rotatable bonds is 1. The second-order valence-corrected chi connectivity index (χ2v) is 6.15. The summed E-state index contributed by atoms with van der Waals surface area (Å²) >= 11 is 0. The van der Waals surface area contributed by atoms with E-state index in [1.807, 2.05) is 0 Å². The van der Waals surface area contributed by atoms with Gasteiger partial charge in [0.15, 0.2) is 0 Å². The quantitative estimate of drug-likeness (QED) is 0.793. The zero-order valence-corrected chi connectivity index (χ0v) is 12.5. The third kappa shape index (κ3) is 2.24.